The molecule has 0 saturated carbocycles. The lowest BCUT2D eigenvalue weighted by atomic mass is 10.2. The molecule has 1 N–H and O–H groups in total. The Morgan fingerprint density at radius 3 is 2.23 bits per heavy atom. The van der Waals surface area contributed by atoms with Gasteiger partial charge in [-0.3, -0.25) is 9.10 Å². The lowest BCUT2D eigenvalue weighted by Gasteiger charge is -2.20. The van der Waals surface area contributed by atoms with Gasteiger partial charge in [-0.25, -0.2) is 17.2 Å². The van der Waals surface area contributed by atoms with Gasteiger partial charge in [0.2, 0.25) is 0 Å². The summed E-state index contributed by atoms with van der Waals surface area (Å²) in [5.41, 5.74) is 1.47. The summed E-state index contributed by atoms with van der Waals surface area (Å²) in [6.45, 7) is 1.51. The number of anilines is 2. The van der Waals surface area contributed by atoms with Crippen molar-refractivity contribution in [3.63, 3.8) is 0 Å². The number of sulfonamides is 1. The SMILES string of the molecule is Cc1ccc(S(=O)(=O)N(C)c2ccc(OCC(=O)Nc3ccc(F)c(F)c3)cc2)cc1. The van der Waals surface area contributed by atoms with E-state index in [0.29, 0.717) is 11.4 Å². The lowest BCUT2D eigenvalue weighted by molar-refractivity contribution is -0.118. The van der Waals surface area contributed by atoms with Crippen LogP contribution in [-0.4, -0.2) is 28.0 Å². The van der Waals surface area contributed by atoms with E-state index >= 15 is 0 Å². The number of nitrogens with one attached hydrogen (secondary N) is 1. The third-order valence-electron chi connectivity index (χ3n) is 4.45. The quantitative estimate of drug-likeness (QED) is 0.593. The Kier molecular flexibility index (Phi) is 6.55. The second kappa shape index (κ2) is 9.13. The Morgan fingerprint density at radius 2 is 1.61 bits per heavy atom. The summed E-state index contributed by atoms with van der Waals surface area (Å²) in [7, 11) is -2.27. The minimum Gasteiger partial charge on any atom is -0.484 e. The monoisotopic (exact) mass is 446 g/mol. The van der Waals surface area contributed by atoms with Crippen LogP contribution in [0, 0.1) is 18.6 Å². The largest absolute Gasteiger partial charge is 0.484 e. The molecule has 162 valence electrons. The van der Waals surface area contributed by atoms with Crippen molar-refractivity contribution in [3.8, 4) is 5.75 Å². The Hall–Kier alpha value is -3.46. The van der Waals surface area contributed by atoms with Gasteiger partial charge >= 0.3 is 0 Å². The molecule has 1 amide bonds. The number of halogens is 2. The first kappa shape index (κ1) is 22.2. The molecule has 0 fully saturated rings. The van der Waals surface area contributed by atoms with Crippen LogP contribution >= 0.6 is 0 Å². The number of rotatable bonds is 7. The van der Waals surface area contributed by atoms with E-state index in [0.717, 1.165) is 22.0 Å². The van der Waals surface area contributed by atoms with Crippen LogP contribution in [0.1, 0.15) is 5.56 Å². The van der Waals surface area contributed by atoms with Crippen LogP contribution in [0.3, 0.4) is 0 Å². The molecule has 3 rings (SSSR count). The number of carbonyl (C=O) groups excluding carboxylic acids is 1. The fourth-order valence-corrected chi connectivity index (χ4v) is 3.87. The van der Waals surface area contributed by atoms with Crippen molar-refractivity contribution in [3.05, 3.63) is 83.9 Å². The number of aryl methyl sites for hydroxylation is 1. The van der Waals surface area contributed by atoms with Gasteiger partial charge in [0, 0.05) is 18.8 Å². The van der Waals surface area contributed by atoms with Gasteiger partial charge in [0.25, 0.3) is 15.9 Å². The van der Waals surface area contributed by atoms with Crippen LogP contribution in [0.4, 0.5) is 20.2 Å². The molecular weight excluding hydrogens is 426 g/mol. The van der Waals surface area contributed by atoms with Crippen molar-refractivity contribution in [2.75, 3.05) is 23.3 Å². The number of ether oxygens (including phenoxy) is 1. The average Bonchev–Trinajstić information content (AvgIpc) is 2.75. The number of benzene rings is 3. The molecular formula is C22H20F2N2O4S. The maximum Gasteiger partial charge on any atom is 0.264 e. The minimum absolute atomic E-state index is 0.103. The molecule has 0 saturated heterocycles. The van der Waals surface area contributed by atoms with Gasteiger partial charge in [0.1, 0.15) is 5.75 Å². The molecule has 0 aliphatic rings. The topological polar surface area (TPSA) is 75.7 Å². The lowest BCUT2D eigenvalue weighted by Crippen LogP contribution is -2.26. The molecule has 0 bridgehead atoms. The number of amides is 1. The van der Waals surface area contributed by atoms with Crippen LogP contribution in [0.2, 0.25) is 0 Å². The van der Waals surface area contributed by atoms with Crippen LogP contribution in [0.5, 0.6) is 5.75 Å². The van der Waals surface area contributed by atoms with E-state index in [1.165, 1.54) is 25.2 Å². The molecule has 9 heteroatoms. The molecule has 0 aromatic heterocycles. The smallest absolute Gasteiger partial charge is 0.264 e. The van der Waals surface area contributed by atoms with Crippen LogP contribution in [0.15, 0.2) is 71.6 Å². The fourth-order valence-electron chi connectivity index (χ4n) is 2.68. The zero-order chi connectivity index (χ0) is 22.6. The van der Waals surface area contributed by atoms with Gasteiger partial charge in [-0.15, -0.1) is 0 Å². The van der Waals surface area contributed by atoms with Crippen molar-refractivity contribution in [2.24, 2.45) is 0 Å². The highest BCUT2D eigenvalue weighted by molar-refractivity contribution is 7.92. The van der Waals surface area contributed by atoms with E-state index in [1.54, 1.807) is 36.4 Å². The van der Waals surface area contributed by atoms with E-state index in [1.807, 2.05) is 6.92 Å². The van der Waals surface area contributed by atoms with Crippen LogP contribution < -0.4 is 14.4 Å². The molecule has 0 unspecified atom stereocenters. The third-order valence-corrected chi connectivity index (χ3v) is 6.25. The summed E-state index contributed by atoms with van der Waals surface area (Å²) >= 11 is 0. The van der Waals surface area contributed by atoms with E-state index in [-0.39, 0.29) is 17.2 Å². The highest BCUT2D eigenvalue weighted by Gasteiger charge is 2.21. The van der Waals surface area contributed by atoms with Crippen molar-refractivity contribution in [1.82, 2.24) is 0 Å². The van der Waals surface area contributed by atoms with E-state index in [4.69, 9.17) is 4.74 Å². The van der Waals surface area contributed by atoms with Crippen molar-refractivity contribution < 1.29 is 26.7 Å². The van der Waals surface area contributed by atoms with Gasteiger partial charge in [0.05, 0.1) is 10.6 Å². The second-order valence-electron chi connectivity index (χ2n) is 6.75. The molecule has 3 aromatic rings. The van der Waals surface area contributed by atoms with E-state index in [2.05, 4.69) is 5.32 Å². The predicted molar refractivity (Wildman–Crippen MR) is 114 cm³/mol. The molecule has 0 atom stereocenters. The number of nitrogens with zero attached hydrogens (tertiary/aromatic N) is 1. The Morgan fingerprint density at radius 1 is 0.968 bits per heavy atom. The van der Waals surface area contributed by atoms with Crippen molar-refractivity contribution in [1.29, 1.82) is 0 Å². The highest BCUT2D eigenvalue weighted by Crippen LogP contribution is 2.24. The molecule has 0 aliphatic carbocycles. The standard InChI is InChI=1S/C22H20F2N2O4S/c1-15-3-10-19(11-4-15)31(28,29)26(2)17-6-8-18(9-7-17)30-14-22(27)25-16-5-12-20(23)21(24)13-16/h3-13H,14H2,1-2H3,(H,25,27). The van der Waals surface area contributed by atoms with Gasteiger partial charge in [0.15, 0.2) is 18.2 Å². The van der Waals surface area contributed by atoms with Crippen molar-refractivity contribution in [2.45, 2.75) is 11.8 Å². The number of carbonyl (C=O) groups is 1. The Balaban J connectivity index is 1.61. The minimum atomic E-state index is -3.72. The number of hydrogen-bond donors (Lipinski definition) is 1. The Labute approximate surface area is 179 Å². The van der Waals surface area contributed by atoms with Gasteiger partial charge < -0.3 is 10.1 Å². The predicted octanol–water partition coefficient (Wildman–Crippen LogP) is 4.12. The molecule has 0 aliphatic heterocycles. The first-order valence-corrected chi connectivity index (χ1v) is 10.6. The Bertz CT molecular complexity index is 1180. The molecule has 0 radical (unpaired) electrons. The zero-order valence-electron chi connectivity index (χ0n) is 16.8. The van der Waals surface area contributed by atoms with Gasteiger partial charge in [-0.1, -0.05) is 17.7 Å². The molecule has 3 aromatic carbocycles. The van der Waals surface area contributed by atoms with Gasteiger partial charge in [-0.2, -0.15) is 0 Å². The molecule has 0 heterocycles. The third kappa shape index (κ3) is 5.37. The summed E-state index contributed by atoms with van der Waals surface area (Å²) < 4.78 is 58.1. The summed E-state index contributed by atoms with van der Waals surface area (Å²) in [6.07, 6.45) is 0. The number of hydrogen-bond acceptors (Lipinski definition) is 4. The van der Waals surface area contributed by atoms with Crippen molar-refractivity contribution >= 4 is 27.3 Å². The zero-order valence-corrected chi connectivity index (χ0v) is 17.6. The summed E-state index contributed by atoms with van der Waals surface area (Å²) in [4.78, 5) is 12.1. The maximum atomic E-state index is 13.2. The van der Waals surface area contributed by atoms with E-state index < -0.39 is 27.6 Å². The summed E-state index contributed by atoms with van der Waals surface area (Å²) in [5.74, 6) is -2.30. The van der Waals surface area contributed by atoms with Crippen LogP contribution in [-0.2, 0) is 14.8 Å². The maximum absolute atomic E-state index is 13.2. The van der Waals surface area contributed by atoms with Crippen LogP contribution in [0.25, 0.3) is 0 Å². The summed E-state index contributed by atoms with van der Waals surface area (Å²) in [6, 6.07) is 15.7. The molecule has 31 heavy (non-hydrogen) atoms. The van der Waals surface area contributed by atoms with E-state index in [9.17, 15) is 22.0 Å². The first-order valence-electron chi connectivity index (χ1n) is 9.20. The fraction of sp³-hybridized carbons (Fsp3) is 0.136. The molecule has 6 nitrogen and oxygen atoms in total. The summed E-state index contributed by atoms with van der Waals surface area (Å²) in [5, 5.41) is 2.39. The second-order valence-corrected chi connectivity index (χ2v) is 8.71. The normalized spacial score (nSPS) is 11.1. The highest BCUT2D eigenvalue weighted by atomic mass is 32.2. The average molecular weight is 446 g/mol. The van der Waals surface area contributed by atoms with Gasteiger partial charge in [-0.05, 0) is 55.5 Å². The molecule has 0 spiro atoms. The first-order chi connectivity index (χ1) is 14.7.